The standard InChI is InChI=1S/C15H14Cl2N2OS/c16-12-7-11(14(17)21-12)13(18)9-4-3-8-2-1-5-19-15(20)10(8)6-9/h3-4,6-7,13H,1-2,5,18H2,(H,19,20). The highest BCUT2D eigenvalue weighted by atomic mass is 35.5. The Morgan fingerprint density at radius 3 is 2.81 bits per heavy atom. The molecular weight excluding hydrogens is 327 g/mol. The fraction of sp³-hybridized carbons (Fsp3) is 0.267. The molecule has 1 aliphatic heterocycles. The highest BCUT2D eigenvalue weighted by Gasteiger charge is 2.20. The van der Waals surface area contributed by atoms with Gasteiger partial charge in [-0.3, -0.25) is 4.79 Å². The van der Waals surface area contributed by atoms with Crippen LogP contribution in [-0.2, 0) is 6.42 Å². The molecule has 0 saturated carbocycles. The van der Waals surface area contributed by atoms with Crippen molar-refractivity contribution in [2.75, 3.05) is 6.54 Å². The second kappa shape index (κ2) is 5.97. The molecule has 110 valence electrons. The van der Waals surface area contributed by atoms with E-state index in [4.69, 9.17) is 28.9 Å². The first-order valence-electron chi connectivity index (χ1n) is 6.67. The Kier molecular flexibility index (Phi) is 4.22. The average molecular weight is 341 g/mol. The van der Waals surface area contributed by atoms with Crippen molar-refractivity contribution >= 4 is 40.4 Å². The summed E-state index contributed by atoms with van der Waals surface area (Å²) in [6.07, 6.45) is 1.85. The summed E-state index contributed by atoms with van der Waals surface area (Å²) in [6, 6.07) is 7.21. The second-order valence-corrected chi connectivity index (χ2v) is 7.32. The topological polar surface area (TPSA) is 55.1 Å². The monoisotopic (exact) mass is 340 g/mol. The number of carbonyl (C=O) groups is 1. The normalized spacial score (nSPS) is 16.0. The molecule has 0 spiro atoms. The van der Waals surface area contributed by atoms with Crippen LogP contribution in [0.2, 0.25) is 8.67 Å². The van der Waals surface area contributed by atoms with Crippen LogP contribution in [0.25, 0.3) is 0 Å². The number of hydrogen-bond acceptors (Lipinski definition) is 3. The van der Waals surface area contributed by atoms with Gasteiger partial charge in [0, 0.05) is 17.7 Å². The van der Waals surface area contributed by atoms with Crippen molar-refractivity contribution in [1.29, 1.82) is 0 Å². The van der Waals surface area contributed by atoms with E-state index in [9.17, 15) is 4.79 Å². The Balaban J connectivity index is 2.00. The van der Waals surface area contributed by atoms with Crippen molar-refractivity contribution < 1.29 is 4.79 Å². The third kappa shape index (κ3) is 2.94. The van der Waals surface area contributed by atoms with Gasteiger partial charge in [0.25, 0.3) is 5.91 Å². The van der Waals surface area contributed by atoms with Gasteiger partial charge >= 0.3 is 0 Å². The zero-order valence-electron chi connectivity index (χ0n) is 11.2. The molecule has 6 heteroatoms. The van der Waals surface area contributed by atoms with Crippen LogP contribution in [0.5, 0.6) is 0 Å². The molecule has 1 aromatic carbocycles. The third-order valence-electron chi connectivity index (χ3n) is 3.66. The molecule has 1 amide bonds. The number of nitrogens with two attached hydrogens (primary N) is 1. The van der Waals surface area contributed by atoms with Crippen LogP contribution in [0, 0.1) is 0 Å². The maximum absolute atomic E-state index is 12.1. The molecule has 0 radical (unpaired) electrons. The number of hydrogen-bond donors (Lipinski definition) is 2. The van der Waals surface area contributed by atoms with Gasteiger partial charge in [-0.15, -0.1) is 11.3 Å². The Labute approximate surface area is 137 Å². The number of carbonyl (C=O) groups excluding carboxylic acids is 1. The van der Waals surface area contributed by atoms with Crippen molar-refractivity contribution in [3.8, 4) is 0 Å². The van der Waals surface area contributed by atoms with Crippen LogP contribution in [0.15, 0.2) is 24.3 Å². The molecule has 3 nitrogen and oxygen atoms in total. The highest BCUT2D eigenvalue weighted by Crippen LogP contribution is 2.36. The Morgan fingerprint density at radius 1 is 1.29 bits per heavy atom. The lowest BCUT2D eigenvalue weighted by atomic mass is 9.95. The maximum atomic E-state index is 12.1. The summed E-state index contributed by atoms with van der Waals surface area (Å²) < 4.78 is 1.20. The van der Waals surface area contributed by atoms with Crippen LogP contribution in [-0.4, -0.2) is 12.5 Å². The molecule has 1 unspecified atom stereocenters. The lowest BCUT2D eigenvalue weighted by molar-refractivity contribution is 0.0956. The SMILES string of the molecule is NC(c1ccc2c(c1)C(=O)NCCC2)c1cc(Cl)sc1Cl. The summed E-state index contributed by atoms with van der Waals surface area (Å²) >= 11 is 13.4. The summed E-state index contributed by atoms with van der Waals surface area (Å²) in [5, 5.41) is 2.90. The zero-order chi connectivity index (χ0) is 15.0. The molecular formula is C15H14Cl2N2OS. The highest BCUT2D eigenvalue weighted by molar-refractivity contribution is 7.20. The van der Waals surface area contributed by atoms with Gasteiger partial charge in [0.2, 0.25) is 0 Å². The summed E-state index contributed by atoms with van der Waals surface area (Å²) in [5.41, 5.74) is 9.71. The average Bonchev–Trinajstić information content (AvgIpc) is 2.69. The van der Waals surface area contributed by atoms with Crippen molar-refractivity contribution in [2.24, 2.45) is 5.73 Å². The van der Waals surface area contributed by atoms with Crippen molar-refractivity contribution in [3.05, 3.63) is 55.2 Å². The minimum atomic E-state index is -0.386. The molecule has 1 atom stereocenters. The number of nitrogens with one attached hydrogen (secondary N) is 1. The van der Waals surface area contributed by atoms with E-state index in [2.05, 4.69) is 5.32 Å². The predicted octanol–water partition coefficient (Wildman–Crippen LogP) is 3.78. The van der Waals surface area contributed by atoms with Gasteiger partial charge in [0.1, 0.15) is 0 Å². The van der Waals surface area contributed by atoms with Gasteiger partial charge in [0.15, 0.2) is 0 Å². The van der Waals surface area contributed by atoms with E-state index < -0.39 is 0 Å². The van der Waals surface area contributed by atoms with Crippen LogP contribution >= 0.6 is 34.5 Å². The number of halogens is 2. The smallest absolute Gasteiger partial charge is 0.251 e. The zero-order valence-corrected chi connectivity index (χ0v) is 13.5. The fourth-order valence-electron chi connectivity index (χ4n) is 2.54. The van der Waals surface area contributed by atoms with Gasteiger partial charge in [-0.2, -0.15) is 0 Å². The van der Waals surface area contributed by atoms with E-state index >= 15 is 0 Å². The van der Waals surface area contributed by atoms with E-state index in [0.717, 1.165) is 29.5 Å². The largest absolute Gasteiger partial charge is 0.352 e. The number of amides is 1. The minimum Gasteiger partial charge on any atom is -0.352 e. The van der Waals surface area contributed by atoms with Crippen LogP contribution < -0.4 is 11.1 Å². The van der Waals surface area contributed by atoms with Gasteiger partial charge in [-0.1, -0.05) is 35.3 Å². The predicted molar refractivity (Wildman–Crippen MR) is 87.5 cm³/mol. The number of benzene rings is 1. The maximum Gasteiger partial charge on any atom is 0.251 e. The van der Waals surface area contributed by atoms with Crippen LogP contribution in [0.3, 0.4) is 0 Å². The summed E-state index contributed by atoms with van der Waals surface area (Å²) in [6.45, 7) is 0.709. The minimum absolute atomic E-state index is 0.0361. The Morgan fingerprint density at radius 2 is 2.10 bits per heavy atom. The molecule has 2 heterocycles. The number of thiophene rings is 1. The molecule has 0 saturated heterocycles. The van der Waals surface area contributed by atoms with E-state index in [1.165, 1.54) is 11.3 Å². The van der Waals surface area contributed by atoms with Gasteiger partial charge in [-0.25, -0.2) is 0 Å². The number of fused-ring (bicyclic) bond motifs is 1. The summed E-state index contributed by atoms with van der Waals surface area (Å²) in [4.78, 5) is 12.1. The first-order valence-corrected chi connectivity index (χ1v) is 8.25. The Hall–Kier alpha value is -1.07. The molecule has 0 aliphatic carbocycles. The second-order valence-electron chi connectivity index (χ2n) is 5.03. The van der Waals surface area contributed by atoms with Crippen LogP contribution in [0.1, 0.15) is 39.5 Å². The molecule has 2 aromatic rings. The van der Waals surface area contributed by atoms with Crippen LogP contribution in [0.4, 0.5) is 0 Å². The van der Waals surface area contributed by atoms with Crippen molar-refractivity contribution in [1.82, 2.24) is 5.32 Å². The summed E-state index contributed by atoms with van der Waals surface area (Å²) in [5.74, 6) is -0.0361. The third-order valence-corrected chi connectivity index (χ3v) is 5.18. The first-order chi connectivity index (χ1) is 10.1. The van der Waals surface area contributed by atoms with Gasteiger partial charge in [0.05, 0.1) is 14.7 Å². The Bertz CT molecular complexity index is 699. The van der Waals surface area contributed by atoms with E-state index in [0.29, 0.717) is 20.8 Å². The van der Waals surface area contributed by atoms with Gasteiger partial charge < -0.3 is 11.1 Å². The van der Waals surface area contributed by atoms with Crippen molar-refractivity contribution in [2.45, 2.75) is 18.9 Å². The number of rotatable bonds is 2. The molecule has 0 bridgehead atoms. The van der Waals surface area contributed by atoms with Gasteiger partial charge in [-0.05, 0) is 36.1 Å². The van der Waals surface area contributed by atoms with Crippen molar-refractivity contribution in [3.63, 3.8) is 0 Å². The molecule has 1 aliphatic rings. The molecule has 0 fully saturated rings. The molecule has 21 heavy (non-hydrogen) atoms. The molecule has 3 N–H and O–H groups in total. The fourth-order valence-corrected chi connectivity index (χ4v) is 4.09. The number of aryl methyl sites for hydroxylation is 1. The molecule has 1 aromatic heterocycles. The van der Waals surface area contributed by atoms with E-state index in [1.54, 1.807) is 6.07 Å². The quantitative estimate of drug-likeness (QED) is 0.873. The van der Waals surface area contributed by atoms with E-state index in [-0.39, 0.29) is 11.9 Å². The van der Waals surface area contributed by atoms with E-state index in [1.807, 2.05) is 18.2 Å². The first kappa shape index (κ1) is 14.9. The molecule has 3 rings (SSSR count). The summed E-state index contributed by atoms with van der Waals surface area (Å²) in [7, 11) is 0. The lowest BCUT2D eigenvalue weighted by Crippen LogP contribution is -2.23. The lowest BCUT2D eigenvalue weighted by Gasteiger charge is -2.14.